The van der Waals surface area contributed by atoms with Crippen LogP contribution in [0.4, 0.5) is 0 Å². The molecule has 8 heteroatoms. The zero-order chi connectivity index (χ0) is 17.2. The second-order valence-corrected chi connectivity index (χ2v) is 8.30. The Morgan fingerprint density at radius 3 is 2.61 bits per heavy atom. The summed E-state index contributed by atoms with van der Waals surface area (Å²) in [6.45, 7) is 2.46. The number of thiophene rings is 1. The minimum absolute atomic E-state index is 0.0765. The van der Waals surface area contributed by atoms with Crippen LogP contribution in [0, 0.1) is 6.92 Å². The quantitative estimate of drug-likeness (QED) is 0.877. The Bertz CT molecular complexity index is 831. The average molecular weight is 373 g/mol. The molecule has 0 saturated carbocycles. The van der Waals surface area contributed by atoms with Gasteiger partial charge < -0.3 is 4.90 Å². The number of rotatable bonds is 5. The van der Waals surface area contributed by atoms with Gasteiger partial charge in [0.1, 0.15) is 4.90 Å². The monoisotopic (exact) mass is 372 g/mol. The van der Waals surface area contributed by atoms with E-state index in [1.54, 1.807) is 23.3 Å². The van der Waals surface area contributed by atoms with Gasteiger partial charge in [-0.2, -0.15) is 0 Å². The molecule has 1 aromatic heterocycles. The first kappa shape index (κ1) is 17.9. The molecule has 0 atom stereocenters. The van der Waals surface area contributed by atoms with E-state index in [1.807, 2.05) is 18.4 Å². The maximum absolute atomic E-state index is 12.5. The summed E-state index contributed by atoms with van der Waals surface area (Å²) >= 11 is 7.52. The zero-order valence-corrected chi connectivity index (χ0v) is 15.3. The van der Waals surface area contributed by atoms with Gasteiger partial charge in [0.05, 0.1) is 11.6 Å². The number of sulfonamides is 1. The molecule has 0 saturated heterocycles. The Labute approximate surface area is 144 Å². The van der Waals surface area contributed by atoms with Gasteiger partial charge in [0.25, 0.3) is 5.91 Å². The molecule has 5 nitrogen and oxygen atoms in total. The maximum atomic E-state index is 12.5. The highest BCUT2D eigenvalue weighted by molar-refractivity contribution is 7.89. The summed E-state index contributed by atoms with van der Waals surface area (Å²) in [6.07, 6.45) is 0. The summed E-state index contributed by atoms with van der Waals surface area (Å²) in [5.74, 6) is -0.262. The first-order valence-corrected chi connectivity index (χ1v) is 9.52. The molecule has 1 heterocycles. The second kappa shape index (κ2) is 7.00. The topological polar surface area (TPSA) is 66.5 Å². The third-order valence-electron chi connectivity index (χ3n) is 3.43. The van der Waals surface area contributed by atoms with Crippen molar-refractivity contribution >= 4 is 38.9 Å². The number of nitrogens with zero attached hydrogens (tertiary/aromatic N) is 1. The van der Waals surface area contributed by atoms with Crippen molar-refractivity contribution in [1.29, 1.82) is 0 Å². The molecule has 0 unspecified atom stereocenters. The predicted molar refractivity (Wildman–Crippen MR) is 92.6 cm³/mol. The van der Waals surface area contributed by atoms with Crippen LogP contribution in [0.2, 0.25) is 5.02 Å². The van der Waals surface area contributed by atoms with Crippen molar-refractivity contribution in [3.63, 3.8) is 0 Å². The zero-order valence-electron chi connectivity index (χ0n) is 13.0. The lowest BCUT2D eigenvalue weighted by Gasteiger charge is -2.17. The maximum Gasteiger partial charge on any atom is 0.253 e. The van der Waals surface area contributed by atoms with Gasteiger partial charge in [-0.25, -0.2) is 13.1 Å². The van der Waals surface area contributed by atoms with Gasteiger partial charge in [0.15, 0.2) is 0 Å². The Morgan fingerprint density at radius 1 is 1.35 bits per heavy atom. The number of carbonyl (C=O) groups excluding carboxylic acids is 1. The SMILES string of the molecule is CNS(=O)(=O)c1cc(C(=O)N(C)Cc2sccc2C)ccc1Cl. The lowest BCUT2D eigenvalue weighted by Crippen LogP contribution is -2.26. The van der Waals surface area contributed by atoms with Gasteiger partial charge in [-0.1, -0.05) is 11.6 Å². The van der Waals surface area contributed by atoms with Crippen molar-refractivity contribution in [2.24, 2.45) is 0 Å². The van der Waals surface area contributed by atoms with Gasteiger partial charge in [-0.15, -0.1) is 11.3 Å². The van der Waals surface area contributed by atoms with E-state index >= 15 is 0 Å². The molecule has 0 bridgehead atoms. The highest BCUT2D eigenvalue weighted by Crippen LogP contribution is 2.24. The van der Waals surface area contributed by atoms with Crippen LogP contribution in [0.5, 0.6) is 0 Å². The van der Waals surface area contributed by atoms with Crippen molar-refractivity contribution in [2.45, 2.75) is 18.4 Å². The molecule has 1 N–H and O–H groups in total. The van der Waals surface area contributed by atoms with Crippen molar-refractivity contribution in [3.8, 4) is 0 Å². The van der Waals surface area contributed by atoms with Crippen LogP contribution in [0.25, 0.3) is 0 Å². The van der Waals surface area contributed by atoms with E-state index in [-0.39, 0.29) is 21.4 Å². The van der Waals surface area contributed by atoms with Crippen LogP contribution >= 0.6 is 22.9 Å². The fraction of sp³-hybridized carbons (Fsp3) is 0.267. The molecule has 0 aliphatic carbocycles. The summed E-state index contributed by atoms with van der Waals surface area (Å²) in [5.41, 5.74) is 1.41. The Hall–Kier alpha value is -1.41. The summed E-state index contributed by atoms with van der Waals surface area (Å²) in [7, 11) is -0.738. The summed E-state index contributed by atoms with van der Waals surface area (Å²) in [5, 5.41) is 2.05. The molecule has 2 rings (SSSR count). The lowest BCUT2D eigenvalue weighted by atomic mass is 10.2. The molecule has 0 aliphatic heterocycles. The molecule has 0 radical (unpaired) electrons. The average Bonchev–Trinajstić information content (AvgIpc) is 2.92. The molecule has 0 spiro atoms. The van der Waals surface area contributed by atoms with Crippen molar-refractivity contribution < 1.29 is 13.2 Å². The summed E-state index contributed by atoms with van der Waals surface area (Å²) < 4.78 is 26.1. The molecule has 0 fully saturated rings. The Morgan fingerprint density at radius 2 is 2.04 bits per heavy atom. The fourth-order valence-corrected chi connectivity index (χ4v) is 4.23. The number of hydrogen-bond acceptors (Lipinski definition) is 4. The molecule has 2 aromatic rings. The third kappa shape index (κ3) is 3.92. The standard InChI is InChI=1S/C15H17ClN2O3S2/c1-10-6-7-22-13(10)9-18(3)15(19)11-4-5-12(16)14(8-11)23(20,21)17-2/h4-8,17H,9H2,1-3H3. The third-order valence-corrected chi connectivity index (χ3v) is 6.34. The van der Waals surface area contributed by atoms with Crippen LogP contribution in [0.3, 0.4) is 0 Å². The van der Waals surface area contributed by atoms with Crippen LogP contribution < -0.4 is 4.72 Å². The number of nitrogens with one attached hydrogen (secondary N) is 1. The van der Waals surface area contributed by atoms with E-state index in [4.69, 9.17) is 11.6 Å². The van der Waals surface area contributed by atoms with Crippen molar-refractivity contribution in [2.75, 3.05) is 14.1 Å². The van der Waals surface area contributed by atoms with Crippen LogP contribution in [-0.2, 0) is 16.6 Å². The van der Waals surface area contributed by atoms with Gasteiger partial charge in [-0.05, 0) is 49.2 Å². The van der Waals surface area contributed by atoms with Crippen molar-refractivity contribution in [3.05, 3.63) is 50.7 Å². The molecule has 1 aromatic carbocycles. The molecule has 1 amide bonds. The molecule has 124 valence electrons. The lowest BCUT2D eigenvalue weighted by molar-refractivity contribution is 0.0786. The van der Waals surface area contributed by atoms with Gasteiger partial charge in [-0.3, -0.25) is 4.79 Å². The number of aryl methyl sites for hydroxylation is 1. The van der Waals surface area contributed by atoms with Crippen LogP contribution in [0.1, 0.15) is 20.8 Å². The first-order valence-electron chi connectivity index (χ1n) is 6.78. The number of hydrogen-bond donors (Lipinski definition) is 1. The molecular weight excluding hydrogens is 356 g/mol. The van der Waals surface area contributed by atoms with E-state index in [9.17, 15) is 13.2 Å². The molecular formula is C15H17ClN2O3S2. The van der Waals surface area contributed by atoms with E-state index < -0.39 is 10.0 Å². The van der Waals surface area contributed by atoms with Crippen LogP contribution in [-0.4, -0.2) is 33.3 Å². The van der Waals surface area contributed by atoms with E-state index in [2.05, 4.69) is 4.72 Å². The number of halogens is 1. The fourth-order valence-electron chi connectivity index (χ4n) is 2.03. The van der Waals surface area contributed by atoms with E-state index in [1.165, 1.54) is 25.2 Å². The van der Waals surface area contributed by atoms with Gasteiger partial charge >= 0.3 is 0 Å². The van der Waals surface area contributed by atoms with Gasteiger partial charge in [0, 0.05) is 17.5 Å². The number of benzene rings is 1. The van der Waals surface area contributed by atoms with Crippen LogP contribution in [0.15, 0.2) is 34.5 Å². The Kier molecular flexibility index (Phi) is 5.46. The minimum Gasteiger partial charge on any atom is -0.337 e. The van der Waals surface area contributed by atoms with Gasteiger partial charge in [0.2, 0.25) is 10.0 Å². The largest absolute Gasteiger partial charge is 0.337 e. The summed E-state index contributed by atoms with van der Waals surface area (Å²) in [4.78, 5) is 15.1. The smallest absolute Gasteiger partial charge is 0.253 e. The highest BCUT2D eigenvalue weighted by Gasteiger charge is 2.20. The molecule has 0 aliphatic rings. The number of carbonyl (C=O) groups is 1. The highest BCUT2D eigenvalue weighted by atomic mass is 35.5. The first-order chi connectivity index (χ1) is 10.8. The predicted octanol–water partition coefficient (Wildman–Crippen LogP) is 2.89. The second-order valence-electron chi connectivity index (χ2n) is 5.04. The van der Waals surface area contributed by atoms with Crippen molar-refractivity contribution in [1.82, 2.24) is 9.62 Å². The summed E-state index contributed by atoms with van der Waals surface area (Å²) in [6, 6.07) is 6.24. The molecule has 23 heavy (non-hydrogen) atoms. The normalized spacial score (nSPS) is 11.5. The van der Waals surface area contributed by atoms with E-state index in [0.29, 0.717) is 6.54 Å². The Balaban J connectivity index is 2.29. The van der Waals surface area contributed by atoms with E-state index in [0.717, 1.165) is 10.4 Å². The number of amides is 1. The minimum atomic E-state index is -3.72.